The van der Waals surface area contributed by atoms with E-state index in [0.717, 1.165) is 62.8 Å². The maximum Gasteiger partial charge on any atom is 0.248 e. The zero-order valence-electron chi connectivity index (χ0n) is 13.7. The number of nitrogens with zero attached hydrogens (tertiary/aromatic N) is 2. The van der Waals surface area contributed by atoms with Crippen LogP contribution in [-0.2, 0) is 9.53 Å². The van der Waals surface area contributed by atoms with Gasteiger partial charge in [-0.1, -0.05) is 11.6 Å². The first-order valence-electron chi connectivity index (χ1n) is 8.33. The van der Waals surface area contributed by atoms with E-state index in [-0.39, 0.29) is 31.0 Å². The lowest BCUT2D eigenvalue weighted by Gasteiger charge is -2.36. The summed E-state index contributed by atoms with van der Waals surface area (Å²) in [6.45, 7) is 5.37. The number of hydrogen-bond donors (Lipinski definition) is 1. The van der Waals surface area contributed by atoms with Gasteiger partial charge in [0.1, 0.15) is 6.61 Å². The van der Waals surface area contributed by atoms with Gasteiger partial charge in [-0.2, -0.15) is 0 Å². The predicted octanol–water partition coefficient (Wildman–Crippen LogP) is 2.18. The molecule has 1 N–H and O–H groups in total. The fraction of sp³-hybridized carbons (Fsp3) is 0.588. The number of piperidine rings is 1. The monoisotopic (exact) mass is 373 g/mol. The molecule has 0 atom stereocenters. The van der Waals surface area contributed by atoms with Crippen LogP contribution in [0.15, 0.2) is 24.3 Å². The molecular weight excluding hydrogens is 349 g/mol. The SMILES string of the molecule is Cl.O=C(COC1CCNCC1)N1CCN(c2ccc(Cl)cc2)CC1. The highest BCUT2D eigenvalue weighted by atomic mass is 35.5. The van der Waals surface area contributed by atoms with E-state index in [1.807, 2.05) is 29.2 Å². The summed E-state index contributed by atoms with van der Waals surface area (Å²) >= 11 is 5.92. The Morgan fingerprint density at radius 2 is 1.75 bits per heavy atom. The minimum Gasteiger partial charge on any atom is -0.368 e. The lowest BCUT2D eigenvalue weighted by atomic mass is 10.1. The zero-order chi connectivity index (χ0) is 16.1. The Morgan fingerprint density at radius 1 is 1.12 bits per heavy atom. The number of anilines is 1. The largest absolute Gasteiger partial charge is 0.368 e. The fourth-order valence-electron chi connectivity index (χ4n) is 3.11. The predicted molar refractivity (Wildman–Crippen MR) is 99.3 cm³/mol. The molecule has 2 aliphatic heterocycles. The van der Waals surface area contributed by atoms with Crippen molar-refractivity contribution in [2.45, 2.75) is 18.9 Å². The number of ether oxygens (including phenoxy) is 1. The Bertz CT molecular complexity index is 513. The third-order valence-corrected chi connectivity index (χ3v) is 4.80. The summed E-state index contributed by atoms with van der Waals surface area (Å²) in [6, 6.07) is 7.86. The molecule has 0 bridgehead atoms. The lowest BCUT2D eigenvalue weighted by Crippen LogP contribution is -2.50. The van der Waals surface area contributed by atoms with Crippen molar-refractivity contribution < 1.29 is 9.53 Å². The number of rotatable bonds is 4. The van der Waals surface area contributed by atoms with E-state index in [1.54, 1.807) is 0 Å². The Morgan fingerprint density at radius 3 is 2.38 bits per heavy atom. The summed E-state index contributed by atoms with van der Waals surface area (Å²) in [6.07, 6.45) is 2.23. The number of nitrogens with one attached hydrogen (secondary N) is 1. The van der Waals surface area contributed by atoms with Crippen LogP contribution in [0.1, 0.15) is 12.8 Å². The van der Waals surface area contributed by atoms with Crippen LogP contribution in [-0.4, -0.2) is 62.8 Å². The van der Waals surface area contributed by atoms with Gasteiger partial charge in [-0.05, 0) is 50.2 Å². The highest BCUT2D eigenvalue weighted by molar-refractivity contribution is 6.30. The van der Waals surface area contributed by atoms with Crippen molar-refractivity contribution in [3.8, 4) is 0 Å². The number of carbonyl (C=O) groups is 1. The number of carbonyl (C=O) groups excluding carboxylic acids is 1. The first-order valence-corrected chi connectivity index (χ1v) is 8.71. The lowest BCUT2D eigenvalue weighted by molar-refractivity contribution is -0.139. The Kier molecular flexibility index (Phi) is 7.62. The summed E-state index contributed by atoms with van der Waals surface area (Å²) in [5, 5.41) is 4.05. The van der Waals surface area contributed by atoms with E-state index in [9.17, 15) is 4.79 Å². The van der Waals surface area contributed by atoms with E-state index in [1.165, 1.54) is 0 Å². The fourth-order valence-corrected chi connectivity index (χ4v) is 3.23. The van der Waals surface area contributed by atoms with Gasteiger partial charge in [-0.25, -0.2) is 0 Å². The van der Waals surface area contributed by atoms with E-state index < -0.39 is 0 Å². The van der Waals surface area contributed by atoms with Crippen LogP contribution < -0.4 is 10.2 Å². The van der Waals surface area contributed by atoms with Gasteiger partial charge in [-0.15, -0.1) is 12.4 Å². The molecule has 0 unspecified atom stereocenters. The topological polar surface area (TPSA) is 44.8 Å². The highest BCUT2D eigenvalue weighted by Gasteiger charge is 2.22. The highest BCUT2D eigenvalue weighted by Crippen LogP contribution is 2.19. The van der Waals surface area contributed by atoms with Crippen LogP contribution in [0, 0.1) is 0 Å². The Hall–Kier alpha value is -1.01. The van der Waals surface area contributed by atoms with Crippen molar-refractivity contribution in [2.75, 3.05) is 50.8 Å². The van der Waals surface area contributed by atoms with Gasteiger partial charge in [0.2, 0.25) is 5.91 Å². The van der Waals surface area contributed by atoms with Crippen LogP contribution in [0.5, 0.6) is 0 Å². The van der Waals surface area contributed by atoms with Crippen LogP contribution in [0.25, 0.3) is 0 Å². The van der Waals surface area contributed by atoms with Crippen LogP contribution in [0.2, 0.25) is 5.02 Å². The average Bonchev–Trinajstić information content (AvgIpc) is 2.61. The second kappa shape index (κ2) is 9.47. The maximum atomic E-state index is 12.3. The summed E-state index contributed by atoms with van der Waals surface area (Å²) in [4.78, 5) is 16.5. The van der Waals surface area contributed by atoms with Crippen molar-refractivity contribution in [1.29, 1.82) is 0 Å². The molecule has 24 heavy (non-hydrogen) atoms. The second-order valence-electron chi connectivity index (χ2n) is 6.10. The summed E-state index contributed by atoms with van der Waals surface area (Å²) < 4.78 is 5.76. The molecule has 7 heteroatoms. The molecule has 1 aromatic carbocycles. The molecule has 1 amide bonds. The summed E-state index contributed by atoms with van der Waals surface area (Å²) in [5.74, 6) is 0.110. The quantitative estimate of drug-likeness (QED) is 0.878. The molecule has 0 radical (unpaired) electrons. The number of amides is 1. The van der Waals surface area contributed by atoms with Crippen molar-refractivity contribution in [1.82, 2.24) is 10.2 Å². The van der Waals surface area contributed by atoms with Gasteiger partial charge in [0, 0.05) is 36.9 Å². The van der Waals surface area contributed by atoms with Gasteiger partial charge in [-0.3, -0.25) is 4.79 Å². The molecule has 0 aliphatic carbocycles. The number of hydrogen-bond acceptors (Lipinski definition) is 4. The van der Waals surface area contributed by atoms with Crippen molar-refractivity contribution in [3.05, 3.63) is 29.3 Å². The first-order chi connectivity index (χ1) is 11.2. The summed E-state index contributed by atoms with van der Waals surface area (Å²) in [5.41, 5.74) is 1.16. The molecule has 2 saturated heterocycles. The maximum absolute atomic E-state index is 12.3. The van der Waals surface area contributed by atoms with E-state index in [2.05, 4.69) is 10.2 Å². The molecule has 0 aromatic heterocycles. The van der Waals surface area contributed by atoms with Crippen molar-refractivity contribution in [2.24, 2.45) is 0 Å². The molecule has 2 heterocycles. The van der Waals surface area contributed by atoms with Gasteiger partial charge < -0.3 is 19.9 Å². The second-order valence-corrected chi connectivity index (χ2v) is 6.54. The van der Waals surface area contributed by atoms with Gasteiger partial charge in [0.25, 0.3) is 0 Å². The zero-order valence-corrected chi connectivity index (χ0v) is 15.3. The average molecular weight is 374 g/mol. The normalized spacial score (nSPS) is 19.0. The molecule has 2 aliphatic rings. The van der Waals surface area contributed by atoms with Crippen LogP contribution >= 0.6 is 24.0 Å². The van der Waals surface area contributed by atoms with Crippen LogP contribution in [0.4, 0.5) is 5.69 Å². The third kappa shape index (κ3) is 5.24. The molecule has 0 spiro atoms. The smallest absolute Gasteiger partial charge is 0.248 e. The first kappa shape index (κ1) is 19.3. The van der Waals surface area contributed by atoms with E-state index in [4.69, 9.17) is 16.3 Å². The molecule has 5 nitrogen and oxygen atoms in total. The van der Waals surface area contributed by atoms with Gasteiger partial charge >= 0.3 is 0 Å². The van der Waals surface area contributed by atoms with Gasteiger partial charge in [0.05, 0.1) is 6.10 Å². The van der Waals surface area contributed by atoms with Crippen molar-refractivity contribution >= 4 is 35.6 Å². The molecule has 1 aromatic rings. The third-order valence-electron chi connectivity index (χ3n) is 4.55. The Balaban J connectivity index is 0.00000208. The minimum absolute atomic E-state index is 0. The molecule has 2 fully saturated rings. The molecule has 0 saturated carbocycles. The molecular formula is C17H25Cl2N3O2. The summed E-state index contributed by atoms with van der Waals surface area (Å²) in [7, 11) is 0. The number of benzene rings is 1. The molecule has 3 rings (SSSR count). The number of piperazine rings is 1. The van der Waals surface area contributed by atoms with E-state index in [0.29, 0.717) is 0 Å². The molecule has 134 valence electrons. The number of halogens is 2. The van der Waals surface area contributed by atoms with E-state index >= 15 is 0 Å². The minimum atomic E-state index is 0. The van der Waals surface area contributed by atoms with Crippen LogP contribution in [0.3, 0.4) is 0 Å². The standard InChI is InChI=1S/C17H24ClN3O2.ClH/c18-14-1-3-15(4-2-14)20-9-11-21(12-10-20)17(22)13-23-16-5-7-19-8-6-16;/h1-4,16,19H,5-13H2;1H. The van der Waals surface area contributed by atoms with Crippen molar-refractivity contribution in [3.63, 3.8) is 0 Å². The van der Waals surface area contributed by atoms with Gasteiger partial charge in [0.15, 0.2) is 0 Å². The Labute approximate surface area is 154 Å².